The largest absolute Gasteiger partial charge is 0.355 e. The van der Waals surface area contributed by atoms with E-state index in [2.05, 4.69) is 27.8 Å². The van der Waals surface area contributed by atoms with E-state index in [0.29, 0.717) is 6.54 Å². The van der Waals surface area contributed by atoms with Crippen LogP contribution in [0.15, 0.2) is 36.7 Å². The molecule has 0 saturated heterocycles. The Morgan fingerprint density at radius 3 is 2.90 bits per heavy atom. The Hall–Kier alpha value is -1.94. The van der Waals surface area contributed by atoms with Crippen molar-refractivity contribution < 1.29 is 4.79 Å². The number of nitrogens with zero attached hydrogens (tertiary/aromatic N) is 1. The topological polar surface area (TPSA) is 54.0 Å². The maximum absolute atomic E-state index is 11.5. The first-order valence-electron chi connectivity index (χ1n) is 7.14. The van der Waals surface area contributed by atoms with Crippen LogP contribution in [0.25, 0.3) is 10.8 Å². The maximum Gasteiger partial charge on any atom is 0.223 e. The van der Waals surface area contributed by atoms with Gasteiger partial charge >= 0.3 is 0 Å². The number of pyridine rings is 1. The van der Waals surface area contributed by atoms with E-state index >= 15 is 0 Å². The molecule has 1 aliphatic rings. The molecule has 3 rings (SSSR count). The highest BCUT2D eigenvalue weighted by Crippen LogP contribution is 2.28. The van der Waals surface area contributed by atoms with Gasteiger partial charge in [0.2, 0.25) is 5.91 Å². The summed E-state index contributed by atoms with van der Waals surface area (Å²) in [5.41, 5.74) is 1.19. The van der Waals surface area contributed by atoms with Crippen molar-refractivity contribution in [3.05, 3.63) is 42.2 Å². The van der Waals surface area contributed by atoms with Gasteiger partial charge in [0.25, 0.3) is 0 Å². The molecule has 20 heavy (non-hydrogen) atoms. The van der Waals surface area contributed by atoms with E-state index < -0.39 is 0 Å². The van der Waals surface area contributed by atoms with Crippen molar-refractivity contribution in [2.45, 2.75) is 19.4 Å². The third-order valence-corrected chi connectivity index (χ3v) is 3.62. The molecule has 0 aliphatic heterocycles. The minimum atomic E-state index is 0.207. The molecule has 2 aromatic rings. The zero-order chi connectivity index (χ0) is 13.8. The first-order valence-corrected chi connectivity index (χ1v) is 7.14. The SMILES string of the molecule is O=C(NCCNCc1cncc2ccccc12)C1CC1. The van der Waals surface area contributed by atoms with Crippen LogP contribution >= 0.6 is 0 Å². The number of fused-ring (bicyclic) bond motifs is 1. The number of amides is 1. The van der Waals surface area contributed by atoms with E-state index in [-0.39, 0.29) is 11.8 Å². The Balaban J connectivity index is 1.48. The predicted octanol–water partition coefficient (Wildman–Crippen LogP) is 1.85. The van der Waals surface area contributed by atoms with Gasteiger partial charge in [-0.15, -0.1) is 0 Å². The molecule has 4 heteroatoms. The summed E-state index contributed by atoms with van der Waals surface area (Å²) in [6, 6.07) is 8.25. The van der Waals surface area contributed by atoms with Crippen molar-refractivity contribution in [3.63, 3.8) is 0 Å². The first-order chi connectivity index (χ1) is 9.84. The molecule has 4 nitrogen and oxygen atoms in total. The second-order valence-corrected chi connectivity index (χ2v) is 5.26. The van der Waals surface area contributed by atoms with Crippen molar-refractivity contribution in [1.82, 2.24) is 15.6 Å². The predicted molar refractivity (Wildman–Crippen MR) is 79.2 cm³/mol. The lowest BCUT2D eigenvalue weighted by molar-refractivity contribution is -0.122. The van der Waals surface area contributed by atoms with Crippen LogP contribution in [0.3, 0.4) is 0 Å². The molecule has 0 unspecified atom stereocenters. The minimum Gasteiger partial charge on any atom is -0.355 e. The van der Waals surface area contributed by atoms with E-state index in [0.717, 1.165) is 31.3 Å². The van der Waals surface area contributed by atoms with Gasteiger partial charge in [-0.3, -0.25) is 9.78 Å². The van der Waals surface area contributed by atoms with Gasteiger partial charge in [-0.1, -0.05) is 24.3 Å². The summed E-state index contributed by atoms with van der Waals surface area (Å²) in [5, 5.41) is 8.70. The number of benzene rings is 1. The first kappa shape index (κ1) is 13.1. The fourth-order valence-corrected chi connectivity index (χ4v) is 2.31. The number of rotatable bonds is 6. The van der Waals surface area contributed by atoms with Crippen LogP contribution in [0.4, 0.5) is 0 Å². The summed E-state index contributed by atoms with van der Waals surface area (Å²) in [5.74, 6) is 0.496. The number of carbonyl (C=O) groups is 1. The Morgan fingerprint density at radius 2 is 2.05 bits per heavy atom. The third kappa shape index (κ3) is 3.14. The molecule has 1 aromatic heterocycles. The van der Waals surface area contributed by atoms with Gasteiger partial charge in [-0.2, -0.15) is 0 Å². The fourth-order valence-electron chi connectivity index (χ4n) is 2.31. The highest BCUT2D eigenvalue weighted by Gasteiger charge is 2.28. The summed E-state index contributed by atoms with van der Waals surface area (Å²) in [4.78, 5) is 15.7. The monoisotopic (exact) mass is 269 g/mol. The summed E-state index contributed by atoms with van der Waals surface area (Å²) in [6.45, 7) is 2.24. The summed E-state index contributed by atoms with van der Waals surface area (Å²) < 4.78 is 0. The standard InChI is InChI=1S/C16H19N3O/c20-16(12-5-6-12)19-8-7-17-10-14-11-18-9-13-3-1-2-4-15(13)14/h1-4,9,11-12,17H,5-8,10H2,(H,19,20). The molecule has 1 aliphatic carbocycles. The van der Waals surface area contributed by atoms with E-state index in [1.807, 2.05) is 24.5 Å². The molecule has 1 saturated carbocycles. The lowest BCUT2D eigenvalue weighted by atomic mass is 10.1. The molecule has 1 aromatic carbocycles. The van der Waals surface area contributed by atoms with E-state index in [1.165, 1.54) is 10.9 Å². The van der Waals surface area contributed by atoms with Crippen LogP contribution in [0.2, 0.25) is 0 Å². The summed E-state index contributed by atoms with van der Waals surface area (Å²) >= 11 is 0. The van der Waals surface area contributed by atoms with Crippen LogP contribution in [0.5, 0.6) is 0 Å². The van der Waals surface area contributed by atoms with Crippen LogP contribution in [0, 0.1) is 5.92 Å². The minimum absolute atomic E-state index is 0.207. The van der Waals surface area contributed by atoms with Gasteiger partial charge < -0.3 is 10.6 Å². The molecular formula is C16H19N3O. The molecule has 0 radical (unpaired) electrons. The zero-order valence-corrected chi connectivity index (χ0v) is 11.4. The lowest BCUT2D eigenvalue weighted by Gasteiger charge is -2.08. The van der Waals surface area contributed by atoms with Crippen LogP contribution in [-0.4, -0.2) is 24.0 Å². The van der Waals surface area contributed by atoms with Gasteiger partial charge in [0.1, 0.15) is 0 Å². The smallest absolute Gasteiger partial charge is 0.223 e. The fraction of sp³-hybridized carbons (Fsp3) is 0.375. The van der Waals surface area contributed by atoms with Gasteiger partial charge in [0.15, 0.2) is 0 Å². The van der Waals surface area contributed by atoms with Gasteiger partial charge in [-0.25, -0.2) is 0 Å². The Morgan fingerprint density at radius 1 is 1.20 bits per heavy atom. The summed E-state index contributed by atoms with van der Waals surface area (Å²) in [7, 11) is 0. The lowest BCUT2D eigenvalue weighted by Crippen LogP contribution is -2.32. The Bertz CT molecular complexity index is 602. The highest BCUT2D eigenvalue weighted by molar-refractivity contribution is 5.84. The Kier molecular flexibility index (Phi) is 3.92. The molecule has 0 spiro atoms. The van der Waals surface area contributed by atoms with Gasteiger partial charge in [0.05, 0.1) is 0 Å². The number of hydrogen-bond acceptors (Lipinski definition) is 3. The van der Waals surface area contributed by atoms with Crippen molar-refractivity contribution >= 4 is 16.7 Å². The van der Waals surface area contributed by atoms with Crippen LogP contribution < -0.4 is 10.6 Å². The van der Waals surface area contributed by atoms with Crippen molar-refractivity contribution in [1.29, 1.82) is 0 Å². The Labute approximate surface area is 118 Å². The van der Waals surface area contributed by atoms with E-state index in [9.17, 15) is 4.79 Å². The van der Waals surface area contributed by atoms with Gasteiger partial charge in [-0.05, 0) is 23.8 Å². The molecule has 1 fully saturated rings. The quantitative estimate of drug-likeness (QED) is 0.787. The van der Waals surface area contributed by atoms with Crippen molar-refractivity contribution in [2.75, 3.05) is 13.1 Å². The average Bonchev–Trinajstić information content (AvgIpc) is 3.31. The molecule has 0 atom stereocenters. The zero-order valence-electron chi connectivity index (χ0n) is 11.4. The van der Waals surface area contributed by atoms with E-state index in [1.54, 1.807) is 0 Å². The third-order valence-electron chi connectivity index (χ3n) is 3.62. The second-order valence-electron chi connectivity index (χ2n) is 5.26. The molecule has 104 valence electrons. The molecule has 1 heterocycles. The van der Waals surface area contributed by atoms with Crippen LogP contribution in [0.1, 0.15) is 18.4 Å². The van der Waals surface area contributed by atoms with Crippen molar-refractivity contribution in [3.8, 4) is 0 Å². The molecule has 1 amide bonds. The van der Waals surface area contributed by atoms with Crippen molar-refractivity contribution in [2.24, 2.45) is 5.92 Å². The normalized spacial score (nSPS) is 14.4. The highest BCUT2D eigenvalue weighted by atomic mass is 16.2. The number of nitrogens with one attached hydrogen (secondary N) is 2. The molecule has 2 N–H and O–H groups in total. The summed E-state index contributed by atoms with van der Waals surface area (Å²) in [6.07, 6.45) is 5.90. The number of hydrogen-bond donors (Lipinski definition) is 2. The average molecular weight is 269 g/mol. The number of carbonyl (C=O) groups excluding carboxylic acids is 1. The van der Waals surface area contributed by atoms with E-state index in [4.69, 9.17) is 0 Å². The van der Waals surface area contributed by atoms with Crippen LogP contribution in [-0.2, 0) is 11.3 Å². The van der Waals surface area contributed by atoms with Gasteiger partial charge in [0, 0.05) is 43.3 Å². The number of aromatic nitrogens is 1. The molecular weight excluding hydrogens is 250 g/mol. The maximum atomic E-state index is 11.5. The second kappa shape index (κ2) is 6.01. The molecule has 0 bridgehead atoms.